The van der Waals surface area contributed by atoms with Gasteiger partial charge in [-0.3, -0.25) is 0 Å². The van der Waals surface area contributed by atoms with E-state index in [4.69, 9.17) is 0 Å². The van der Waals surface area contributed by atoms with Gasteiger partial charge >= 0.3 is 0 Å². The first-order chi connectivity index (χ1) is 6.02. The van der Waals surface area contributed by atoms with Gasteiger partial charge < -0.3 is 5.43 Å². The number of rotatable bonds is 3. The quantitative estimate of drug-likeness (QED) is 0.527. The summed E-state index contributed by atoms with van der Waals surface area (Å²) in [6.45, 7) is 8.93. The van der Waals surface area contributed by atoms with Gasteiger partial charge in [-0.05, 0) is 24.2 Å². The lowest BCUT2D eigenvalue weighted by Gasteiger charge is -2.26. The minimum Gasteiger partial charge on any atom is -0.307 e. The van der Waals surface area contributed by atoms with Crippen molar-refractivity contribution in [3.63, 3.8) is 0 Å². The summed E-state index contributed by atoms with van der Waals surface area (Å²) in [5, 5.41) is 4.27. The summed E-state index contributed by atoms with van der Waals surface area (Å²) in [4.78, 5) is 0. The first-order valence-corrected chi connectivity index (χ1v) is 5.31. The van der Waals surface area contributed by atoms with Gasteiger partial charge in [0.05, 0.1) is 0 Å². The van der Waals surface area contributed by atoms with Crippen LogP contribution in [0, 0.1) is 11.3 Å². The van der Waals surface area contributed by atoms with Crippen LogP contribution in [-0.2, 0) is 0 Å². The van der Waals surface area contributed by atoms with E-state index in [9.17, 15) is 0 Å². The average Bonchev–Trinajstić information content (AvgIpc) is 2.30. The zero-order valence-corrected chi connectivity index (χ0v) is 9.30. The van der Waals surface area contributed by atoms with Crippen molar-refractivity contribution in [2.24, 2.45) is 16.4 Å². The number of hydrazone groups is 1. The van der Waals surface area contributed by atoms with Gasteiger partial charge in [0.15, 0.2) is 0 Å². The van der Waals surface area contributed by atoms with Crippen LogP contribution < -0.4 is 5.43 Å². The molecule has 0 heterocycles. The second-order valence-electron chi connectivity index (χ2n) is 5.08. The molecule has 1 atom stereocenters. The van der Waals surface area contributed by atoms with Crippen molar-refractivity contribution in [2.75, 3.05) is 0 Å². The lowest BCUT2D eigenvalue weighted by atomic mass is 9.88. The Balaban J connectivity index is 2.37. The minimum absolute atomic E-state index is 0.425. The van der Waals surface area contributed by atoms with Crippen molar-refractivity contribution < 1.29 is 0 Å². The van der Waals surface area contributed by atoms with Crippen LogP contribution in [-0.4, -0.2) is 12.3 Å². The van der Waals surface area contributed by atoms with E-state index in [1.54, 1.807) is 0 Å². The van der Waals surface area contributed by atoms with Crippen LogP contribution in [0.15, 0.2) is 5.10 Å². The van der Waals surface area contributed by atoms with Gasteiger partial charge in [0.25, 0.3) is 0 Å². The van der Waals surface area contributed by atoms with Crippen molar-refractivity contribution in [1.82, 2.24) is 5.43 Å². The summed E-state index contributed by atoms with van der Waals surface area (Å²) in [5.41, 5.74) is 3.70. The van der Waals surface area contributed by atoms with Crippen molar-refractivity contribution in [1.29, 1.82) is 0 Å². The van der Waals surface area contributed by atoms with E-state index in [1.807, 2.05) is 6.21 Å². The lowest BCUT2D eigenvalue weighted by Crippen LogP contribution is -2.34. The van der Waals surface area contributed by atoms with Crippen LogP contribution in [0.5, 0.6) is 0 Å². The van der Waals surface area contributed by atoms with Crippen LogP contribution in [0.1, 0.15) is 47.0 Å². The summed E-state index contributed by atoms with van der Waals surface area (Å²) < 4.78 is 0. The van der Waals surface area contributed by atoms with Crippen molar-refractivity contribution in [3.05, 3.63) is 0 Å². The molecule has 2 heteroatoms. The Hall–Kier alpha value is -0.530. The van der Waals surface area contributed by atoms with E-state index in [0.717, 1.165) is 0 Å². The van der Waals surface area contributed by atoms with Gasteiger partial charge in [-0.2, -0.15) is 5.10 Å². The molecule has 0 aromatic rings. The first kappa shape index (κ1) is 10.6. The molecule has 1 saturated carbocycles. The Morgan fingerprint density at radius 3 is 2.62 bits per heavy atom. The Morgan fingerprint density at radius 2 is 2.15 bits per heavy atom. The number of nitrogens with zero attached hydrogens (tertiary/aromatic N) is 1. The summed E-state index contributed by atoms with van der Waals surface area (Å²) >= 11 is 0. The fourth-order valence-corrected chi connectivity index (χ4v) is 1.85. The lowest BCUT2D eigenvalue weighted by molar-refractivity contribution is 0.288. The topological polar surface area (TPSA) is 24.4 Å². The molecule has 0 amide bonds. The maximum Gasteiger partial charge on any atom is 0.0491 e. The highest BCUT2D eigenvalue weighted by atomic mass is 15.3. The van der Waals surface area contributed by atoms with Crippen LogP contribution in [0.4, 0.5) is 0 Å². The molecular weight excluding hydrogens is 160 g/mol. The van der Waals surface area contributed by atoms with E-state index in [0.29, 0.717) is 17.4 Å². The van der Waals surface area contributed by atoms with E-state index >= 15 is 0 Å². The maximum atomic E-state index is 4.27. The molecule has 1 rings (SSSR count). The molecule has 2 nitrogen and oxygen atoms in total. The third-order valence-electron chi connectivity index (χ3n) is 2.86. The summed E-state index contributed by atoms with van der Waals surface area (Å²) in [5.74, 6) is 0.539. The zero-order valence-electron chi connectivity index (χ0n) is 9.30. The first-order valence-electron chi connectivity index (χ1n) is 5.31. The standard InChI is InChI=1S/C11H22N2/c1-9(2)8-12-13-10-6-5-7-11(10,3)4/h8-10,13H,5-7H2,1-4H3/b12-8+. The highest BCUT2D eigenvalue weighted by molar-refractivity contribution is 5.59. The van der Waals surface area contributed by atoms with Gasteiger partial charge in [-0.1, -0.05) is 34.1 Å². The second-order valence-corrected chi connectivity index (χ2v) is 5.08. The normalized spacial score (nSPS) is 27.3. The van der Waals surface area contributed by atoms with Gasteiger partial charge in [-0.15, -0.1) is 0 Å². The van der Waals surface area contributed by atoms with E-state index in [-0.39, 0.29) is 0 Å². The molecule has 0 saturated heterocycles. The Kier molecular flexibility index (Phi) is 3.34. The van der Waals surface area contributed by atoms with E-state index in [2.05, 4.69) is 38.2 Å². The smallest absolute Gasteiger partial charge is 0.0491 e. The van der Waals surface area contributed by atoms with Crippen molar-refractivity contribution >= 4 is 6.21 Å². The maximum absolute atomic E-state index is 4.27. The third kappa shape index (κ3) is 3.02. The minimum atomic E-state index is 0.425. The fraction of sp³-hybridized carbons (Fsp3) is 0.909. The zero-order chi connectivity index (χ0) is 9.90. The van der Waals surface area contributed by atoms with Crippen LogP contribution in [0.2, 0.25) is 0 Å². The summed E-state index contributed by atoms with van der Waals surface area (Å²) in [7, 11) is 0. The Morgan fingerprint density at radius 1 is 1.46 bits per heavy atom. The van der Waals surface area contributed by atoms with Gasteiger partial charge in [0, 0.05) is 12.3 Å². The molecule has 76 valence electrons. The van der Waals surface area contributed by atoms with Gasteiger partial charge in [0.1, 0.15) is 0 Å². The van der Waals surface area contributed by atoms with E-state index in [1.165, 1.54) is 19.3 Å². The van der Waals surface area contributed by atoms with E-state index < -0.39 is 0 Å². The molecule has 0 bridgehead atoms. The Labute approximate surface area is 81.8 Å². The summed E-state index contributed by atoms with van der Waals surface area (Å²) in [6, 6.07) is 0.572. The molecule has 0 aromatic carbocycles. The molecule has 1 aliphatic rings. The molecule has 1 fully saturated rings. The third-order valence-corrected chi connectivity index (χ3v) is 2.86. The predicted molar refractivity (Wildman–Crippen MR) is 57.9 cm³/mol. The highest BCUT2D eigenvalue weighted by Gasteiger charge is 2.34. The van der Waals surface area contributed by atoms with Gasteiger partial charge in [-0.25, -0.2) is 0 Å². The highest BCUT2D eigenvalue weighted by Crippen LogP contribution is 2.36. The molecule has 13 heavy (non-hydrogen) atoms. The van der Waals surface area contributed by atoms with Crippen molar-refractivity contribution in [3.8, 4) is 0 Å². The number of hydrogen-bond acceptors (Lipinski definition) is 2. The van der Waals surface area contributed by atoms with Crippen LogP contribution in [0.3, 0.4) is 0 Å². The largest absolute Gasteiger partial charge is 0.307 e. The number of hydrogen-bond donors (Lipinski definition) is 1. The second kappa shape index (κ2) is 4.12. The predicted octanol–water partition coefficient (Wildman–Crippen LogP) is 2.80. The van der Waals surface area contributed by atoms with Crippen molar-refractivity contribution in [2.45, 2.75) is 53.0 Å². The molecule has 1 N–H and O–H groups in total. The molecule has 0 spiro atoms. The number of nitrogens with one attached hydrogen (secondary N) is 1. The summed E-state index contributed by atoms with van der Waals surface area (Å²) in [6.07, 6.45) is 5.90. The average molecular weight is 182 g/mol. The Bertz CT molecular complexity index is 183. The molecule has 0 aliphatic heterocycles. The molecule has 0 radical (unpaired) electrons. The SMILES string of the molecule is CC(C)/C=N/NC1CCCC1(C)C. The molecule has 1 aliphatic carbocycles. The molecule has 1 unspecified atom stereocenters. The monoisotopic (exact) mass is 182 g/mol. The van der Waals surface area contributed by atoms with Crippen LogP contribution in [0.25, 0.3) is 0 Å². The fourth-order valence-electron chi connectivity index (χ4n) is 1.85. The van der Waals surface area contributed by atoms with Gasteiger partial charge in [0.2, 0.25) is 0 Å². The molecule has 0 aromatic heterocycles. The van der Waals surface area contributed by atoms with Crippen LogP contribution >= 0.6 is 0 Å². The molecular formula is C11H22N2.